The number of imidazole rings is 1. The van der Waals surface area contributed by atoms with Crippen molar-refractivity contribution in [1.82, 2.24) is 14.5 Å². The lowest BCUT2D eigenvalue weighted by Gasteiger charge is -2.27. The molecular formula is C18H21Cl2N3O. The van der Waals surface area contributed by atoms with Crippen LogP contribution in [0.4, 0.5) is 0 Å². The van der Waals surface area contributed by atoms with E-state index in [-0.39, 0.29) is 17.9 Å². The van der Waals surface area contributed by atoms with Gasteiger partial charge in [0.25, 0.3) is 0 Å². The van der Waals surface area contributed by atoms with Crippen LogP contribution in [-0.4, -0.2) is 26.4 Å². The number of carbonyl (C=O) groups is 1. The summed E-state index contributed by atoms with van der Waals surface area (Å²) in [5.41, 5.74) is 0.977. The van der Waals surface area contributed by atoms with Crippen LogP contribution in [0.3, 0.4) is 0 Å². The van der Waals surface area contributed by atoms with E-state index in [0.29, 0.717) is 23.1 Å². The number of hydrogen-bond donors (Lipinski definition) is 0. The van der Waals surface area contributed by atoms with Crippen LogP contribution in [0.1, 0.15) is 38.1 Å². The Labute approximate surface area is 152 Å². The number of rotatable bonds is 6. The summed E-state index contributed by atoms with van der Waals surface area (Å²) in [6.07, 6.45) is 5.70. The molecule has 128 valence electrons. The highest BCUT2D eigenvalue weighted by molar-refractivity contribution is 6.35. The second-order valence-electron chi connectivity index (χ2n) is 6.54. The van der Waals surface area contributed by atoms with E-state index in [1.54, 1.807) is 12.3 Å². The Morgan fingerprint density at radius 3 is 2.75 bits per heavy atom. The van der Waals surface area contributed by atoms with Crippen molar-refractivity contribution in [3.8, 4) is 0 Å². The normalized spacial score (nSPS) is 14.2. The van der Waals surface area contributed by atoms with Crippen molar-refractivity contribution in [1.29, 1.82) is 0 Å². The Morgan fingerprint density at radius 1 is 1.38 bits per heavy atom. The van der Waals surface area contributed by atoms with E-state index in [2.05, 4.69) is 4.98 Å². The van der Waals surface area contributed by atoms with Crippen LogP contribution in [0, 0.1) is 5.92 Å². The minimum atomic E-state index is 0.155. The van der Waals surface area contributed by atoms with Gasteiger partial charge in [0.1, 0.15) is 5.82 Å². The van der Waals surface area contributed by atoms with Gasteiger partial charge in [-0.1, -0.05) is 29.3 Å². The van der Waals surface area contributed by atoms with Gasteiger partial charge in [0.2, 0.25) is 5.91 Å². The third-order valence-electron chi connectivity index (χ3n) is 4.30. The summed E-state index contributed by atoms with van der Waals surface area (Å²) in [7, 11) is 0. The van der Waals surface area contributed by atoms with Crippen LogP contribution in [0.15, 0.2) is 30.6 Å². The molecule has 1 heterocycles. The minimum Gasteiger partial charge on any atom is -0.333 e. The zero-order valence-electron chi connectivity index (χ0n) is 13.9. The average molecular weight is 366 g/mol. The third kappa shape index (κ3) is 3.93. The zero-order chi connectivity index (χ0) is 17.3. The topological polar surface area (TPSA) is 38.1 Å². The van der Waals surface area contributed by atoms with Gasteiger partial charge in [-0.3, -0.25) is 4.79 Å². The van der Waals surface area contributed by atoms with Gasteiger partial charge >= 0.3 is 0 Å². The molecular weight excluding hydrogens is 345 g/mol. The first-order chi connectivity index (χ1) is 11.5. The van der Waals surface area contributed by atoms with Gasteiger partial charge in [-0.05, 0) is 44.4 Å². The molecule has 1 saturated carbocycles. The Bertz CT molecular complexity index is 738. The summed E-state index contributed by atoms with van der Waals surface area (Å²) >= 11 is 12.2. The molecule has 0 N–H and O–H groups in total. The lowest BCUT2D eigenvalue weighted by atomic mass is 10.2. The fraction of sp³-hybridized carbons (Fsp3) is 0.444. The molecule has 0 aliphatic heterocycles. The van der Waals surface area contributed by atoms with Crippen LogP contribution in [0.5, 0.6) is 0 Å². The van der Waals surface area contributed by atoms with Crippen molar-refractivity contribution < 1.29 is 4.79 Å². The van der Waals surface area contributed by atoms with E-state index < -0.39 is 0 Å². The first-order valence-corrected chi connectivity index (χ1v) is 8.95. The largest absolute Gasteiger partial charge is 0.333 e. The molecule has 0 spiro atoms. The summed E-state index contributed by atoms with van der Waals surface area (Å²) < 4.78 is 2.03. The molecule has 1 aromatic carbocycles. The fourth-order valence-electron chi connectivity index (χ4n) is 2.70. The molecule has 0 radical (unpaired) electrons. The summed E-state index contributed by atoms with van der Waals surface area (Å²) in [6.45, 7) is 5.22. The lowest BCUT2D eigenvalue weighted by molar-refractivity contribution is -0.135. The van der Waals surface area contributed by atoms with Gasteiger partial charge in [-0.2, -0.15) is 0 Å². The molecule has 0 saturated heterocycles. The van der Waals surface area contributed by atoms with Gasteiger partial charge < -0.3 is 9.47 Å². The van der Waals surface area contributed by atoms with Gasteiger partial charge in [0, 0.05) is 34.4 Å². The summed E-state index contributed by atoms with van der Waals surface area (Å²) in [6, 6.07) is 5.65. The average Bonchev–Trinajstić information content (AvgIpc) is 3.28. The van der Waals surface area contributed by atoms with E-state index in [9.17, 15) is 4.79 Å². The Morgan fingerprint density at radius 2 is 2.12 bits per heavy atom. The maximum absolute atomic E-state index is 12.5. The molecule has 0 atom stereocenters. The van der Waals surface area contributed by atoms with Crippen molar-refractivity contribution in [2.45, 2.75) is 45.8 Å². The number of hydrogen-bond acceptors (Lipinski definition) is 2. The first-order valence-electron chi connectivity index (χ1n) is 8.20. The highest BCUT2D eigenvalue weighted by Crippen LogP contribution is 2.32. The number of amides is 1. The fourth-order valence-corrected chi connectivity index (χ4v) is 3.17. The van der Waals surface area contributed by atoms with Crippen LogP contribution in [0.25, 0.3) is 0 Å². The monoisotopic (exact) mass is 365 g/mol. The number of carbonyl (C=O) groups excluding carboxylic acids is 1. The van der Waals surface area contributed by atoms with Crippen molar-refractivity contribution in [2.24, 2.45) is 5.92 Å². The van der Waals surface area contributed by atoms with Crippen LogP contribution >= 0.6 is 23.2 Å². The predicted octanol–water partition coefficient (Wildman–Crippen LogP) is 4.39. The third-order valence-corrected chi connectivity index (χ3v) is 4.89. The summed E-state index contributed by atoms with van der Waals surface area (Å²) in [5.74, 6) is 1.31. The summed E-state index contributed by atoms with van der Waals surface area (Å²) in [5, 5.41) is 1.26. The molecule has 3 rings (SSSR count). The second-order valence-corrected chi connectivity index (χ2v) is 7.38. The van der Waals surface area contributed by atoms with Gasteiger partial charge in [-0.15, -0.1) is 0 Å². The van der Waals surface area contributed by atoms with Crippen LogP contribution in [-0.2, 0) is 17.9 Å². The first kappa shape index (κ1) is 17.3. The van der Waals surface area contributed by atoms with Gasteiger partial charge in [0.05, 0.1) is 13.1 Å². The standard InChI is InChI=1S/C18H21Cl2N3O/c1-12(2)23(18(24)13-3-4-13)11-17-21-7-8-22(17)10-14-5-6-15(19)9-16(14)20/h5-9,12-13H,3-4,10-11H2,1-2H3. The highest BCUT2D eigenvalue weighted by Gasteiger charge is 2.34. The maximum Gasteiger partial charge on any atom is 0.226 e. The molecule has 0 unspecified atom stereocenters. The molecule has 1 amide bonds. The maximum atomic E-state index is 12.5. The summed E-state index contributed by atoms with van der Waals surface area (Å²) in [4.78, 5) is 18.8. The van der Waals surface area contributed by atoms with E-state index in [0.717, 1.165) is 24.2 Å². The second kappa shape index (κ2) is 7.16. The SMILES string of the molecule is CC(C)N(Cc1nccn1Cc1ccc(Cl)cc1Cl)C(=O)C1CC1. The van der Waals surface area contributed by atoms with E-state index >= 15 is 0 Å². The van der Waals surface area contributed by atoms with Gasteiger partial charge in [0.15, 0.2) is 0 Å². The molecule has 1 aliphatic rings. The molecule has 2 aromatic rings. The quantitative estimate of drug-likeness (QED) is 0.761. The van der Waals surface area contributed by atoms with E-state index in [1.165, 1.54) is 0 Å². The molecule has 4 nitrogen and oxygen atoms in total. The highest BCUT2D eigenvalue weighted by atomic mass is 35.5. The number of benzene rings is 1. The molecule has 1 aliphatic carbocycles. The molecule has 1 aromatic heterocycles. The minimum absolute atomic E-state index is 0.155. The molecule has 1 fully saturated rings. The van der Waals surface area contributed by atoms with Crippen LogP contribution in [0.2, 0.25) is 10.0 Å². The van der Waals surface area contributed by atoms with Crippen molar-refractivity contribution >= 4 is 29.1 Å². The Balaban J connectivity index is 1.77. The Hall–Kier alpha value is -1.52. The van der Waals surface area contributed by atoms with E-state index in [4.69, 9.17) is 23.2 Å². The van der Waals surface area contributed by atoms with Crippen LogP contribution < -0.4 is 0 Å². The van der Waals surface area contributed by atoms with Gasteiger partial charge in [-0.25, -0.2) is 4.98 Å². The zero-order valence-corrected chi connectivity index (χ0v) is 15.4. The smallest absolute Gasteiger partial charge is 0.226 e. The Kier molecular flexibility index (Phi) is 5.16. The predicted molar refractivity (Wildman–Crippen MR) is 96.2 cm³/mol. The van der Waals surface area contributed by atoms with Crippen molar-refractivity contribution in [2.75, 3.05) is 0 Å². The van der Waals surface area contributed by atoms with Crippen molar-refractivity contribution in [3.05, 3.63) is 52.0 Å². The number of halogens is 2. The van der Waals surface area contributed by atoms with E-state index in [1.807, 2.05) is 41.6 Å². The van der Waals surface area contributed by atoms with Crippen molar-refractivity contribution in [3.63, 3.8) is 0 Å². The molecule has 0 bridgehead atoms. The lowest BCUT2D eigenvalue weighted by Crippen LogP contribution is -2.38. The number of nitrogens with zero attached hydrogens (tertiary/aromatic N) is 3. The molecule has 6 heteroatoms. The number of aromatic nitrogens is 2. The molecule has 24 heavy (non-hydrogen) atoms.